The first kappa shape index (κ1) is 13.5. The predicted octanol–water partition coefficient (Wildman–Crippen LogP) is 1.02. The monoisotopic (exact) mass is 298 g/mol. The molecule has 1 aromatic rings. The van der Waals surface area contributed by atoms with Gasteiger partial charge in [-0.05, 0) is 0 Å². The number of hydrogen-bond donors (Lipinski definition) is 2. The Morgan fingerprint density at radius 1 is 1.25 bits per heavy atom. The fourth-order valence-corrected chi connectivity index (χ4v) is 2.43. The molecule has 1 aromatic carbocycles. The van der Waals surface area contributed by atoms with Crippen LogP contribution in [0.25, 0.3) is 0 Å². The van der Waals surface area contributed by atoms with E-state index in [9.17, 15) is 4.79 Å². The van der Waals surface area contributed by atoms with Gasteiger partial charge in [0.15, 0.2) is 11.5 Å². The molecule has 0 aromatic heterocycles. The van der Waals surface area contributed by atoms with Crippen molar-refractivity contribution in [3.63, 3.8) is 0 Å². The Morgan fingerprint density at radius 2 is 1.95 bits per heavy atom. The number of benzene rings is 1. The summed E-state index contributed by atoms with van der Waals surface area (Å²) in [7, 11) is 0. The van der Waals surface area contributed by atoms with Gasteiger partial charge in [0.25, 0.3) is 0 Å². The molecule has 2 unspecified atom stereocenters. The van der Waals surface area contributed by atoms with Crippen LogP contribution < -0.4 is 20.5 Å². The largest absolute Gasteiger partial charge is 0.486 e. The molecule has 108 valence electrons. The van der Waals surface area contributed by atoms with Crippen LogP contribution >= 0.6 is 11.6 Å². The summed E-state index contributed by atoms with van der Waals surface area (Å²) in [4.78, 5) is 12.1. The van der Waals surface area contributed by atoms with Crippen molar-refractivity contribution in [2.75, 3.05) is 31.7 Å². The zero-order valence-electron chi connectivity index (χ0n) is 10.7. The van der Waals surface area contributed by atoms with Crippen molar-refractivity contribution in [3.05, 3.63) is 17.2 Å². The standard InChI is InChI=1S/C13H15ClN2O4/c14-8-3-11-12(20-2-1-19-11)4-10(8)16-13(17)7-5-18-6-9(7)15/h3-4,7,9H,1-2,5-6,15H2,(H,16,17). The van der Waals surface area contributed by atoms with Crippen LogP contribution in [0.4, 0.5) is 5.69 Å². The third-order valence-corrected chi connectivity index (χ3v) is 3.66. The lowest BCUT2D eigenvalue weighted by molar-refractivity contribution is -0.120. The number of carbonyl (C=O) groups is 1. The number of fused-ring (bicyclic) bond motifs is 1. The average molecular weight is 299 g/mol. The van der Waals surface area contributed by atoms with Crippen LogP contribution in [0.3, 0.4) is 0 Å². The number of carbonyl (C=O) groups excluding carboxylic acids is 1. The number of nitrogens with one attached hydrogen (secondary N) is 1. The first-order chi connectivity index (χ1) is 9.65. The highest BCUT2D eigenvalue weighted by atomic mass is 35.5. The van der Waals surface area contributed by atoms with Crippen molar-refractivity contribution < 1.29 is 19.0 Å². The highest BCUT2D eigenvalue weighted by Gasteiger charge is 2.31. The normalized spacial score (nSPS) is 24.5. The van der Waals surface area contributed by atoms with E-state index >= 15 is 0 Å². The molecule has 2 heterocycles. The third-order valence-electron chi connectivity index (χ3n) is 3.35. The second-order valence-corrected chi connectivity index (χ2v) is 5.18. The Morgan fingerprint density at radius 3 is 2.60 bits per heavy atom. The summed E-state index contributed by atoms with van der Waals surface area (Å²) in [6, 6.07) is 3.01. The first-order valence-corrected chi connectivity index (χ1v) is 6.76. The van der Waals surface area contributed by atoms with E-state index in [-0.39, 0.29) is 17.9 Å². The first-order valence-electron chi connectivity index (χ1n) is 6.38. The Bertz CT molecular complexity index is 537. The quantitative estimate of drug-likeness (QED) is 0.852. The van der Waals surface area contributed by atoms with Crippen LogP contribution in [0, 0.1) is 5.92 Å². The minimum absolute atomic E-state index is 0.200. The number of amides is 1. The number of anilines is 1. The highest BCUT2D eigenvalue weighted by Crippen LogP contribution is 2.38. The van der Waals surface area contributed by atoms with Crippen LogP contribution in [0.2, 0.25) is 5.02 Å². The summed E-state index contributed by atoms with van der Waals surface area (Å²) in [5, 5.41) is 3.16. The van der Waals surface area contributed by atoms with Gasteiger partial charge < -0.3 is 25.3 Å². The lowest BCUT2D eigenvalue weighted by atomic mass is 10.0. The van der Waals surface area contributed by atoms with Gasteiger partial charge in [0.2, 0.25) is 5.91 Å². The van der Waals surface area contributed by atoms with E-state index in [2.05, 4.69) is 5.32 Å². The maximum atomic E-state index is 12.1. The number of halogens is 1. The molecule has 2 aliphatic rings. The number of ether oxygens (including phenoxy) is 3. The maximum absolute atomic E-state index is 12.1. The topological polar surface area (TPSA) is 82.8 Å². The fourth-order valence-electron chi connectivity index (χ4n) is 2.23. The molecule has 0 radical (unpaired) electrons. The molecule has 3 N–H and O–H groups in total. The van der Waals surface area contributed by atoms with E-state index in [1.54, 1.807) is 12.1 Å². The van der Waals surface area contributed by atoms with Crippen LogP contribution in [-0.4, -0.2) is 38.4 Å². The minimum atomic E-state index is -0.362. The third kappa shape index (κ3) is 2.54. The fraction of sp³-hybridized carbons (Fsp3) is 0.462. The minimum Gasteiger partial charge on any atom is -0.486 e. The Hall–Kier alpha value is -1.50. The molecular weight excluding hydrogens is 284 g/mol. The van der Waals surface area contributed by atoms with Gasteiger partial charge in [-0.15, -0.1) is 0 Å². The smallest absolute Gasteiger partial charge is 0.231 e. The molecule has 6 nitrogen and oxygen atoms in total. The summed E-state index contributed by atoms with van der Waals surface area (Å²) < 4.78 is 16.1. The van der Waals surface area contributed by atoms with Crippen LogP contribution in [0.5, 0.6) is 11.5 Å². The molecule has 1 fully saturated rings. The summed E-state index contributed by atoms with van der Waals surface area (Å²) in [5.41, 5.74) is 6.31. The predicted molar refractivity (Wildman–Crippen MR) is 73.4 cm³/mol. The van der Waals surface area contributed by atoms with Crippen LogP contribution in [-0.2, 0) is 9.53 Å². The van der Waals surface area contributed by atoms with Gasteiger partial charge in [-0.3, -0.25) is 4.79 Å². The van der Waals surface area contributed by atoms with Crippen molar-refractivity contribution in [1.82, 2.24) is 0 Å². The van der Waals surface area contributed by atoms with Gasteiger partial charge in [-0.2, -0.15) is 0 Å². The molecule has 20 heavy (non-hydrogen) atoms. The second-order valence-electron chi connectivity index (χ2n) is 4.77. The second kappa shape index (κ2) is 5.47. The van der Waals surface area contributed by atoms with Gasteiger partial charge in [0.05, 0.1) is 29.8 Å². The average Bonchev–Trinajstić information content (AvgIpc) is 2.86. The molecule has 2 aliphatic heterocycles. The van der Waals surface area contributed by atoms with Crippen molar-refractivity contribution in [2.45, 2.75) is 6.04 Å². The Balaban J connectivity index is 1.78. The summed E-state index contributed by atoms with van der Waals surface area (Å²) >= 11 is 6.14. The van der Waals surface area contributed by atoms with Gasteiger partial charge >= 0.3 is 0 Å². The number of nitrogens with two attached hydrogens (primary N) is 1. The lowest BCUT2D eigenvalue weighted by Gasteiger charge is -2.20. The Kier molecular flexibility index (Phi) is 3.69. The zero-order valence-corrected chi connectivity index (χ0v) is 11.5. The lowest BCUT2D eigenvalue weighted by Crippen LogP contribution is -2.37. The summed E-state index contributed by atoms with van der Waals surface area (Å²) in [5.74, 6) is 0.593. The summed E-state index contributed by atoms with van der Waals surface area (Å²) in [6.07, 6.45) is 0. The van der Waals surface area contributed by atoms with E-state index in [0.29, 0.717) is 48.6 Å². The van der Waals surface area contributed by atoms with Crippen molar-refractivity contribution in [2.24, 2.45) is 11.7 Å². The van der Waals surface area contributed by atoms with Gasteiger partial charge in [0, 0.05) is 18.2 Å². The van der Waals surface area contributed by atoms with Gasteiger partial charge in [-0.1, -0.05) is 11.6 Å². The molecule has 3 rings (SSSR count). The maximum Gasteiger partial charge on any atom is 0.231 e. The van der Waals surface area contributed by atoms with Crippen LogP contribution in [0.15, 0.2) is 12.1 Å². The number of rotatable bonds is 2. The van der Waals surface area contributed by atoms with E-state index in [4.69, 9.17) is 31.5 Å². The van der Waals surface area contributed by atoms with Crippen molar-refractivity contribution in [1.29, 1.82) is 0 Å². The highest BCUT2D eigenvalue weighted by molar-refractivity contribution is 6.34. The zero-order chi connectivity index (χ0) is 14.1. The molecule has 0 bridgehead atoms. The van der Waals surface area contributed by atoms with Crippen molar-refractivity contribution >= 4 is 23.2 Å². The summed E-state index contributed by atoms with van der Waals surface area (Å²) in [6.45, 7) is 1.69. The SMILES string of the molecule is NC1COCC1C(=O)Nc1cc2c(cc1Cl)OCCO2. The van der Waals surface area contributed by atoms with E-state index in [1.165, 1.54) is 0 Å². The molecule has 1 amide bonds. The van der Waals surface area contributed by atoms with E-state index < -0.39 is 0 Å². The molecule has 0 saturated carbocycles. The number of hydrogen-bond acceptors (Lipinski definition) is 5. The van der Waals surface area contributed by atoms with E-state index in [0.717, 1.165) is 0 Å². The molecule has 0 aliphatic carbocycles. The van der Waals surface area contributed by atoms with E-state index in [1.807, 2.05) is 0 Å². The van der Waals surface area contributed by atoms with Crippen molar-refractivity contribution in [3.8, 4) is 11.5 Å². The van der Waals surface area contributed by atoms with Gasteiger partial charge in [-0.25, -0.2) is 0 Å². The molecular formula is C13H15ClN2O4. The van der Waals surface area contributed by atoms with Gasteiger partial charge in [0.1, 0.15) is 13.2 Å². The Labute approximate surface area is 121 Å². The molecule has 1 saturated heterocycles. The molecule has 0 spiro atoms. The molecule has 2 atom stereocenters. The van der Waals surface area contributed by atoms with Crippen LogP contribution in [0.1, 0.15) is 0 Å². The molecule has 7 heteroatoms.